The van der Waals surface area contributed by atoms with Gasteiger partial charge in [-0.2, -0.15) is 0 Å². The van der Waals surface area contributed by atoms with Crippen LogP contribution in [0.15, 0.2) is 30.3 Å². The molecule has 0 saturated carbocycles. The molecule has 0 heterocycles. The second kappa shape index (κ2) is 7.85. The average molecular weight is 332 g/mol. The lowest BCUT2D eigenvalue weighted by molar-refractivity contribution is 0.469. The molecule has 0 amide bonds. The Balaban J connectivity index is 2.38. The first-order valence-electron chi connectivity index (χ1n) is 8.12. The third kappa shape index (κ3) is 4.49. The Morgan fingerprint density at radius 2 is 1.78 bits per heavy atom. The van der Waals surface area contributed by atoms with Gasteiger partial charge in [0.2, 0.25) is 0 Å². The topological polar surface area (TPSA) is 21.3 Å². The smallest absolute Gasteiger partial charge is 0.132 e. The SMILES string of the molecule is CNCc1ccc(CC(C)C)cc1Oc1ccc(Cl)c(C)c1C. The van der Waals surface area contributed by atoms with Crippen molar-refractivity contribution in [3.8, 4) is 11.5 Å². The second-order valence-electron chi connectivity index (χ2n) is 6.47. The van der Waals surface area contributed by atoms with E-state index in [4.69, 9.17) is 16.3 Å². The van der Waals surface area contributed by atoms with E-state index in [-0.39, 0.29) is 0 Å². The second-order valence-corrected chi connectivity index (χ2v) is 6.88. The summed E-state index contributed by atoms with van der Waals surface area (Å²) >= 11 is 6.19. The zero-order valence-electron chi connectivity index (χ0n) is 14.7. The normalized spacial score (nSPS) is 11.1. The van der Waals surface area contributed by atoms with E-state index in [1.807, 2.05) is 33.0 Å². The van der Waals surface area contributed by atoms with Gasteiger partial charge in [-0.15, -0.1) is 0 Å². The van der Waals surface area contributed by atoms with Crippen molar-refractivity contribution in [2.75, 3.05) is 7.05 Å². The van der Waals surface area contributed by atoms with Crippen LogP contribution in [0.5, 0.6) is 11.5 Å². The van der Waals surface area contributed by atoms with Crippen molar-refractivity contribution in [2.24, 2.45) is 5.92 Å². The van der Waals surface area contributed by atoms with E-state index in [0.29, 0.717) is 5.92 Å². The predicted molar refractivity (Wildman–Crippen MR) is 98.7 cm³/mol. The highest BCUT2D eigenvalue weighted by Gasteiger charge is 2.11. The molecule has 0 atom stereocenters. The Bertz CT molecular complexity index is 680. The van der Waals surface area contributed by atoms with Crippen LogP contribution >= 0.6 is 11.6 Å². The number of ether oxygens (including phenoxy) is 1. The summed E-state index contributed by atoms with van der Waals surface area (Å²) in [6.07, 6.45) is 1.05. The van der Waals surface area contributed by atoms with Crippen LogP contribution in [0.4, 0.5) is 0 Å². The van der Waals surface area contributed by atoms with Gasteiger partial charge in [0.05, 0.1) is 0 Å². The van der Waals surface area contributed by atoms with Crippen molar-refractivity contribution in [1.29, 1.82) is 0 Å². The molecule has 23 heavy (non-hydrogen) atoms. The minimum absolute atomic E-state index is 0.623. The highest BCUT2D eigenvalue weighted by atomic mass is 35.5. The number of benzene rings is 2. The summed E-state index contributed by atoms with van der Waals surface area (Å²) < 4.78 is 6.25. The molecule has 1 N–H and O–H groups in total. The molecule has 2 aromatic carbocycles. The highest BCUT2D eigenvalue weighted by Crippen LogP contribution is 2.33. The number of hydrogen-bond donors (Lipinski definition) is 1. The maximum absolute atomic E-state index is 6.25. The summed E-state index contributed by atoms with van der Waals surface area (Å²) in [4.78, 5) is 0. The fourth-order valence-corrected chi connectivity index (χ4v) is 2.83. The number of rotatable bonds is 6. The zero-order valence-corrected chi connectivity index (χ0v) is 15.4. The maximum atomic E-state index is 6.25. The van der Waals surface area contributed by atoms with E-state index in [1.54, 1.807) is 0 Å². The third-order valence-electron chi connectivity index (χ3n) is 4.03. The minimum atomic E-state index is 0.623. The van der Waals surface area contributed by atoms with Crippen LogP contribution in [0.2, 0.25) is 5.02 Å². The summed E-state index contributed by atoms with van der Waals surface area (Å²) in [6.45, 7) is 9.31. The van der Waals surface area contributed by atoms with Gasteiger partial charge >= 0.3 is 0 Å². The Morgan fingerprint density at radius 1 is 1.04 bits per heavy atom. The summed E-state index contributed by atoms with van der Waals surface area (Å²) in [6, 6.07) is 10.4. The molecule has 0 unspecified atom stereocenters. The minimum Gasteiger partial charge on any atom is -0.457 e. The van der Waals surface area contributed by atoms with Crippen LogP contribution in [-0.4, -0.2) is 7.05 Å². The van der Waals surface area contributed by atoms with E-state index >= 15 is 0 Å². The van der Waals surface area contributed by atoms with Crippen molar-refractivity contribution >= 4 is 11.6 Å². The molecule has 0 aliphatic rings. The Morgan fingerprint density at radius 3 is 2.43 bits per heavy atom. The van der Waals surface area contributed by atoms with Crippen LogP contribution < -0.4 is 10.1 Å². The van der Waals surface area contributed by atoms with Crippen LogP contribution in [-0.2, 0) is 13.0 Å². The molecule has 2 nitrogen and oxygen atoms in total. The lowest BCUT2D eigenvalue weighted by Crippen LogP contribution is -2.07. The first-order chi connectivity index (χ1) is 10.9. The summed E-state index contributed by atoms with van der Waals surface area (Å²) in [5, 5.41) is 3.98. The molecule has 0 bridgehead atoms. The van der Waals surface area contributed by atoms with Crippen molar-refractivity contribution in [3.63, 3.8) is 0 Å². The van der Waals surface area contributed by atoms with Gasteiger partial charge in [0.25, 0.3) is 0 Å². The first kappa shape index (κ1) is 17.8. The molecule has 0 aliphatic heterocycles. The van der Waals surface area contributed by atoms with E-state index < -0.39 is 0 Å². The summed E-state index contributed by atoms with van der Waals surface area (Å²) in [7, 11) is 1.95. The van der Waals surface area contributed by atoms with Gasteiger partial charge in [-0.25, -0.2) is 0 Å². The van der Waals surface area contributed by atoms with Crippen molar-refractivity contribution in [3.05, 3.63) is 57.6 Å². The van der Waals surface area contributed by atoms with Crippen molar-refractivity contribution in [1.82, 2.24) is 5.32 Å². The Kier molecular flexibility index (Phi) is 6.09. The fraction of sp³-hybridized carbons (Fsp3) is 0.400. The summed E-state index contributed by atoms with van der Waals surface area (Å²) in [5.74, 6) is 2.41. The zero-order chi connectivity index (χ0) is 17.0. The van der Waals surface area contributed by atoms with Gasteiger partial charge in [-0.1, -0.05) is 37.6 Å². The predicted octanol–water partition coefficient (Wildman–Crippen LogP) is 5.67. The molecule has 0 aromatic heterocycles. The molecular formula is C20H26ClNO. The van der Waals surface area contributed by atoms with Gasteiger partial charge < -0.3 is 10.1 Å². The van der Waals surface area contributed by atoms with Crippen LogP contribution in [0, 0.1) is 19.8 Å². The van der Waals surface area contributed by atoms with E-state index in [9.17, 15) is 0 Å². The van der Waals surface area contributed by atoms with Crippen LogP contribution in [0.3, 0.4) is 0 Å². The molecule has 3 heteroatoms. The van der Waals surface area contributed by atoms with Gasteiger partial charge in [-0.05, 0) is 68.1 Å². The molecule has 0 radical (unpaired) electrons. The van der Waals surface area contributed by atoms with E-state index in [2.05, 4.69) is 37.4 Å². The number of nitrogens with one attached hydrogen (secondary N) is 1. The molecule has 124 valence electrons. The fourth-order valence-electron chi connectivity index (χ4n) is 2.62. The number of hydrogen-bond acceptors (Lipinski definition) is 2. The molecule has 0 saturated heterocycles. The van der Waals surface area contributed by atoms with Gasteiger partial charge in [-0.3, -0.25) is 0 Å². The van der Waals surface area contributed by atoms with Gasteiger partial charge in [0, 0.05) is 17.1 Å². The van der Waals surface area contributed by atoms with Crippen LogP contribution in [0.1, 0.15) is 36.1 Å². The first-order valence-corrected chi connectivity index (χ1v) is 8.50. The molecule has 2 aromatic rings. The molecule has 2 rings (SSSR count). The molecule has 0 aliphatic carbocycles. The van der Waals surface area contributed by atoms with E-state index in [1.165, 1.54) is 5.56 Å². The summed E-state index contributed by atoms with van der Waals surface area (Å²) in [5.41, 5.74) is 4.62. The standard InChI is InChI=1S/C20H26ClNO/c1-13(2)10-16-6-7-17(12-22-5)20(11-16)23-19-9-8-18(21)14(3)15(19)4/h6-9,11,13,22H,10,12H2,1-5H3. The molecular weight excluding hydrogens is 306 g/mol. The van der Waals surface area contributed by atoms with Crippen molar-refractivity contribution in [2.45, 2.75) is 40.7 Å². The molecule has 0 spiro atoms. The largest absolute Gasteiger partial charge is 0.457 e. The van der Waals surface area contributed by atoms with E-state index in [0.717, 1.165) is 46.2 Å². The van der Waals surface area contributed by atoms with Gasteiger partial charge in [0.1, 0.15) is 11.5 Å². The lowest BCUT2D eigenvalue weighted by Gasteiger charge is -2.16. The maximum Gasteiger partial charge on any atom is 0.132 e. The highest BCUT2D eigenvalue weighted by molar-refractivity contribution is 6.31. The third-order valence-corrected chi connectivity index (χ3v) is 4.44. The lowest BCUT2D eigenvalue weighted by atomic mass is 10.0. The van der Waals surface area contributed by atoms with Gasteiger partial charge in [0.15, 0.2) is 0 Å². The monoisotopic (exact) mass is 331 g/mol. The molecule has 0 fully saturated rings. The Labute approximate surface area is 144 Å². The van der Waals surface area contributed by atoms with Crippen molar-refractivity contribution < 1.29 is 4.74 Å². The number of halogens is 1. The Hall–Kier alpha value is -1.51. The quantitative estimate of drug-likeness (QED) is 0.736. The average Bonchev–Trinajstić information content (AvgIpc) is 2.50. The van der Waals surface area contributed by atoms with Crippen LogP contribution in [0.25, 0.3) is 0 Å².